The molecule has 0 radical (unpaired) electrons. The van der Waals surface area contributed by atoms with Gasteiger partial charge in [-0.25, -0.2) is 0 Å². The zero-order valence-electron chi connectivity index (χ0n) is 15.5. The highest BCUT2D eigenvalue weighted by Gasteiger charge is 2.17. The number of piperazine rings is 1. The maximum Gasteiger partial charge on any atom is 0.220 e. The van der Waals surface area contributed by atoms with Crippen LogP contribution >= 0.6 is 0 Å². The van der Waals surface area contributed by atoms with Crippen molar-refractivity contribution in [3.8, 4) is 0 Å². The molecule has 1 amide bonds. The quantitative estimate of drug-likeness (QED) is 0.736. The second-order valence-electron chi connectivity index (χ2n) is 7.56. The molecular formula is C21H33N3O. The third kappa shape index (κ3) is 6.03. The van der Waals surface area contributed by atoms with Gasteiger partial charge in [-0.3, -0.25) is 9.69 Å². The molecule has 1 saturated carbocycles. The van der Waals surface area contributed by atoms with E-state index in [0.29, 0.717) is 0 Å². The van der Waals surface area contributed by atoms with Crippen molar-refractivity contribution < 1.29 is 4.79 Å². The fraction of sp³-hybridized carbons (Fsp3) is 0.667. The lowest BCUT2D eigenvalue weighted by atomic mass is 10.0. The van der Waals surface area contributed by atoms with E-state index < -0.39 is 0 Å². The van der Waals surface area contributed by atoms with Gasteiger partial charge in [0.1, 0.15) is 0 Å². The average Bonchev–Trinajstić information content (AvgIpc) is 3.18. The van der Waals surface area contributed by atoms with Gasteiger partial charge < -0.3 is 10.2 Å². The van der Waals surface area contributed by atoms with Crippen LogP contribution in [0.3, 0.4) is 0 Å². The fourth-order valence-electron chi connectivity index (χ4n) is 4.12. The number of hydrogen-bond donors (Lipinski definition) is 1. The van der Waals surface area contributed by atoms with Crippen LogP contribution in [0.5, 0.6) is 0 Å². The zero-order chi connectivity index (χ0) is 17.3. The molecule has 138 valence electrons. The molecule has 0 bridgehead atoms. The molecule has 1 aliphatic carbocycles. The van der Waals surface area contributed by atoms with Gasteiger partial charge in [0.25, 0.3) is 0 Å². The molecule has 1 aromatic rings. The summed E-state index contributed by atoms with van der Waals surface area (Å²) in [5.41, 5.74) is 1.33. The first-order chi connectivity index (χ1) is 12.3. The maximum absolute atomic E-state index is 11.9. The lowest BCUT2D eigenvalue weighted by Gasteiger charge is -2.36. The van der Waals surface area contributed by atoms with Crippen molar-refractivity contribution in [3.05, 3.63) is 30.3 Å². The van der Waals surface area contributed by atoms with Gasteiger partial charge in [-0.1, -0.05) is 43.9 Å². The van der Waals surface area contributed by atoms with Crippen LogP contribution in [0.2, 0.25) is 0 Å². The van der Waals surface area contributed by atoms with E-state index in [2.05, 4.69) is 45.4 Å². The summed E-state index contributed by atoms with van der Waals surface area (Å²) in [6, 6.07) is 10.7. The predicted molar refractivity (Wildman–Crippen MR) is 104 cm³/mol. The number of hydrogen-bond acceptors (Lipinski definition) is 3. The first-order valence-electron chi connectivity index (χ1n) is 10.1. The molecule has 2 fully saturated rings. The van der Waals surface area contributed by atoms with Gasteiger partial charge in [0.15, 0.2) is 0 Å². The highest BCUT2D eigenvalue weighted by atomic mass is 16.1. The van der Waals surface area contributed by atoms with Crippen molar-refractivity contribution in [2.45, 2.75) is 44.9 Å². The van der Waals surface area contributed by atoms with Gasteiger partial charge in [0.2, 0.25) is 5.91 Å². The highest BCUT2D eigenvalue weighted by molar-refractivity contribution is 5.75. The van der Waals surface area contributed by atoms with Crippen LogP contribution < -0.4 is 10.2 Å². The number of carbonyl (C=O) groups is 1. The fourth-order valence-corrected chi connectivity index (χ4v) is 4.12. The Morgan fingerprint density at radius 3 is 2.48 bits per heavy atom. The summed E-state index contributed by atoms with van der Waals surface area (Å²) in [6.45, 7) is 6.33. The summed E-state index contributed by atoms with van der Waals surface area (Å²) in [6.07, 6.45) is 8.27. The minimum Gasteiger partial charge on any atom is -0.369 e. The molecule has 0 unspecified atom stereocenters. The molecule has 2 aliphatic rings. The van der Waals surface area contributed by atoms with Crippen molar-refractivity contribution in [1.29, 1.82) is 0 Å². The Bertz CT molecular complexity index is 505. The Morgan fingerprint density at radius 1 is 1.04 bits per heavy atom. The Balaban J connectivity index is 1.23. The lowest BCUT2D eigenvalue weighted by molar-refractivity contribution is -0.121. The van der Waals surface area contributed by atoms with E-state index in [0.717, 1.165) is 64.4 Å². The minimum absolute atomic E-state index is 0.251. The van der Waals surface area contributed by atoms with Gasteiger partial charge in [0.05, 0.1) is 0 Å². The van der Waals surface area contributed by atoms with E-state index in [1.165, 1.54) is 31.4 Å². The smallest absolute Gasteiger partial charge is 0.220 e. The van der Waals surface area contributed by atoms with Gasteiger partial charge in [-0.15, -0.1) is 0 Å². The van der Waals surface area contributed by atoms with Crippen LogP contribution in [0.1, 0.15) is 44.9 Å². The summed E-state index contributed by atoms with van der Waals surface area (Å²) >= 11 is 0. The standard InChI is InChI=1S/C21H33N3O/c25-21(12-11-19-7-4-5-8-19)22-13-6-14-23-15-17-24(18-16-23)20-9-2-1-3-10-20/h1-3,9-10,19H,4-8,11-18H2,(H,22,25). The second-order valence-corrected chi connectivity index (χ2v) is 7.56. The van der Waals surface area contributed by atoms with Crippen molar-refractivity contribution in [2.75, 3.05) is 44.2 Å². The van der Waals surface area contributed by atoms with Gasteiger partial charge in [-0.2, -0.15) is 0 Å². The average molecular weight is 344 g/mol. The number of nitrogens with one attached hydrogen (secondary N) is 1. The van der Waals surface area contributed by atoms with Crippen LogP contribution in [0.25, 0.3) is 0 Å². The lowest BCUT2D eigenvalue weighted by Crippen LogP contribution is -2.47. The summed E-state index contributed by atoms with van der Waals surface area (Å²) in [7, 11) is 0. The second kappa shape index (κ2) is 9.81. The third-order valence-corrected chi connectivity index (χ3v) is 5.72. The molecule has 4 heteroatoms. The zero-order valence-corrected chi connectivity index (χ0v) is 15.5. The summed E-state index contributed by atoms with van der Waals surface area (Å²) < 4.78 is 0. The number of anilines is 1. The Hall–Kier alpha value is -1.55. The van der Waals surface area contributed by atoms with Crippen LogP contribution in [-0.4, -0.2) is 50.1 Å². The molecule has 1 saturated heterocycles. The van der Waals surface area contributed by atoms with Gasteiger partial charge >= 0.3 is 0 Å². The Kier molecular flexibility index (Phi) is 7.16. The number of amides is 1. The van der Waals surface area contributed by atoms with E-state index in [1.807, 2.05) is 0 Å². The molecule has 3 rings (SSSR count). The molecule has 1 aromatic carbocycles. The van der Waals surface area contributed by atoms with E-state index >= 15 is 0 Å². The molecular weight excluding hydrogens is 310 g/mol. The first kappa shape index (κ1) is 18.2. The molecule has 25 heavy (non-hydrogen) atoms. The first-order valence-corrected chi connectivity index (χ1v) is 10.1. The van der Waals surface area contributed by atoms with Crippen molar-refractivity contribution in [3.63, 3.8) is 0 Å². The van der Waals surface area contributed by atoms with Crippen molar-refractivity contribution >= 4 is 11.6 Å². The number of nitrogens with zero attached hydrogens (tertiary/aromatic N) is 2. The predicted octanol–water partition coefficient (Wildman–Crippen LogP) is 3.29. The molecule has 0 aromatic heterocycles. The van der Waals surface area contributed by atoms with Crippen LogP contribution in [-0.2, 0) is 4.79 Å². The Labute approximate surface area is 152 Å². The van der Waals surface area contributed by atoms with E-state index in [1.54, 1.807) is 0 Å². The van der Waals surface area contributed by atoms with E-state index in [9.17, 15) is 4.79 Å². The summed E-state index contributed by atoms with van der Waals surface area (Å²) in [5, 5.41) is 3.10. The van der Waals surface area contributed by atoms with E-state index in [4.69, 9.17) is 0 Å². The molecule has 1 N–H and O–H groups in total. The number of rotatable bonds is 8. The molecule has 1 aliphatic heterocycles. The third-order valence-electron chi connectivity index (χ3n) is 5.72. The van der Waals surface area contributed by atoms with Gasteiger partial charge in [-0.05, 0) is 37.4 Å². The maximum atomic E-state index is 11.9. The van der Waals surface area contributed by atoms with E-state index in [-0.39, 0.29) is 5.91 Å². The molecule has 0 spiro atoms. The molecule has 1 heterocycles. The minimum atomic E-state index is 0.251. The Morgan fingerprint density at radius 2 is 1.76 bits per heavy atom. The van der Waals surface area contributed by atoms with Crippen molar-refractivity contribution in [1.82, 2.24) is 10.2 Å². The summed E-state index contributed by atoms with van der Waals surface area (Å²) in [4.78, 5) is 16.9. The van der Waals surface area contributed by atoms with Crippen LogP contribution in [0, 0.1) is 5.92 Å². The topological polar surface area (TPSA) is 35.6 Å². The molecule has 4 nitrogen and oxygen atoms in total. The normalized spacial score (nSPS) is 19.3. The number of benzene rings is 1. The summed E-state index contributed by atoms with van der Waals surface area (Å²) in [5.74, 6) is 1.06. The van der Waals surface area contributed by atoms with Crippen molar-refractivity contribution in [2.24, 2.45) is 5.92 Å². The molecule has 0 atom stereocenters. The van der Waals surface area contributed by atoms with Crippen LogP contribution in [0.15, 0.2) is 30.3 Å². The highest BCUT2D eigenvalue weighted by Crippen LogP contribution is 2.28. The number of para-hydroxylation sites is 1. The largest absolute Gasteiger partial charge is 0.369 e. The van der Waals surface area contributed by atoms with Gasteiger partial charge in [0, 0.05) is 44.8 Å². The number of carbonyl (C=O) groups excluding carboxylic acids is 1. The SMILES string of the molecule is O=C(CCC1CCCC1)NCCCN1CCN(c2ccccc2)CC1. The monoisotopic (exact) mass is 343 g/mol. The van der Waals surface area contributed by atoms with Crippen LogP contribution in [0.4, 0.5) is 5.69 Å².